The second kappa shape index (κ2) is 27.2. The number of imidazole rings is 1. The van der Waals surface area contributed by atoms with Crippen LogP contribution in [0.1, 0.15) is 77.4 Å². The number of sulfonamides is 1. The maximum Gasteiger partial charge on any atom is 0.408 e. The number of ether oxygens (including phenoxy) is 2. The first kappa shape index (κ1) is 63.0. The van der Waals surface area contributed by atoms with E-state index < -0.39 is 91.6 Å². The number of hydrogen-bond donors (Lipinski definition) is 10. The van der Waals surface area contributed by atoms with E-state index in [4.69, 9.17) is 14.5 Å². The number of carboxylic acid groups (broad SMARTS) is 1. The van der Waals surface area contributed by atoms with Crippen LogP contribution in [0.25, 0.3) is 10.9 Å². The molecular weight excluding hydrogens is 1120 g/mol. The molecule has 7 aromatic rings. The third kappa shape index (κ3) is 15.9. The molecule has 84 heavy (non-hydrogen) atoms. The number of fused-ring (bicyclic) bond motifs is 1. The molecule has 0 saturated heterocycles. The summed E-state index contributed by atoms with van der Waals surface area (Å²) in [5.41, 5.74) is 2.13. The second-order valence-electron chi connectivity index (χ2n) is 20.8. The van der Waals surface area contributed by atoms with Gasteiger partial charge in [-0.05, 0) is 98.7 Å². The summed E-state index contributed by atoms with van der Waals surface area (Å²) >= 11 is 0. The van der Waals surface area contributed by atoms with Crippen LogP contribution < -0.4 is 41.5 Å². The molecule has 0 unspecified atom stereocenters. The van der Waals surface area contributed by atoms with E-state index in [1.807, 2.05) is 66.9 Å². The molecule has 0 aliphatic carbocycles. The van der Waals surface area contributed by atoms with Crippen LogP contribution in [-0.2, 0) is 48.3 Å². The maximum absolute atomic E-state index is 13.9. The minimum Gasteiger partial charge on any atom is -0.494 e. The highest BCUT2D eigenvalue weighted by Gasteiger charge is 2.40. The first-order valence-electron chi connectivity index (χ1n) is 26.6. The van der Waals surface area contributed by atoms with Crippen LogP contribution >= 0.6 is 10.9 Å². The number of pyridine rings is 1. The summed E-state index contributed by atoms with van der Waals surface area (Å²) < 4.78 is 72.8. The summed E-state index contributed by atoms with van der Waals surface area (Å²) in [6.07, 6.45) is 4.21. The lowest BCUT2D eigenvalue weighted by Crippen LogP contribution is -2.51. The maximum atomic E-state index is 13.9. The average molecular weight is 1190 g/mol. The summed E-state index contributed by atoms with van der Waals surface area (Å²) in [6.45, 7) is 7.20. The van der Waals surface area contributed by atoms with Gasteiger partial charge in [0.2, 0.25) is 33.2 Å². The molecule has 0 saturated carbocycles. The molecule has 2 atom stereocenters. The zero-order valence-corrected chi connectivity index (χ0v) is 48.8. The number of alkyl carbamates (subject to hydrolysis) is 1. The van der Waals surface area contributed by atoms with Crippen LogP contribution in [0.3, 0.4) is 0 Å². The Morgan fingerprint density at radius 1 is 0.762 bits per heavy atom. The molecule has 0 spiro atoms. The van der Waals surface area contributed by atoms with Crippen molar-refractivity contribution in [2.45, 2.75) is 82.1 Å². The molecule has 2 aromatic heterocycles. The van der Waals surface area contributed by atoms with E-state index in [2.05, 4.69) is 72.3 Å². The van der Waals surface area contributed by atoms with Crippen molar-refractivity contribution in [3.8, 4) is 5.75 Å². The number of carbonyl (C=O) groups is 5. The van der Waals surface area contributed by atoms with Crippen molar-refractivity contribution in [2.24, 2.45) is 7.05 Å². The second-order valence-corrected chi connectivity index (χ2v) is 24.1. The van der Waals surface area contributed by atoms with Crippen molar-refractivity contribution in [3.63, 3.8) is 0 Å². The topological polar surface area (TPSA) is 331 Å². The number of aromatic nitrogens is 3. The Bertz CT molecular complexity index is 3540. The molecule has 10 N–H and O–H groups in total. The van der Waals surface area contributed by atoms with E-state index in [0.29, 0.717) is 18.0 Å². The number of nitrogens with zero attached hydrogens (tertiary/aromatic N) is 3. The molecule has 0 fully saturated rings. The number of aryl methyl sites for hydroxylation is 3. The molecule has 23 nitrogen and oxygen atoms in total. The molecular formula is C59H69N9O14S2. The van der Waals surface area contributed by atoms with Gasteiger partial charge in [-0.15, -0.1) is 0 Å². The van der Waals surface area contributed by atoms with E-state index >= 15 is 0 Å². The van der Waals surface area contributed by atoms with Crippen LogP contribution in [0, 0.1) is 13.8 Å². The predicted molar refractivity (Wildman–Crippen MR) is 318 cm³/mol. The molecule has 0 radical (unpaired) electrons. The molecule has 7 rings (SSSR count). The average Bonchev–Trinajstić information content (AvgIpc) is 2.38. The van der Waals surface area contributed by atoms with E-state index in [1.165, 1.54) is 32.2 Å². The fourth-order valence-electron chi connectivity index (χ4n) is 9.65. The van der Waals surface area contributed by atoms with Gasteiger partial charge in [-0.3, -0.25) is 28.5 Å². The van der Waals surface area contributed by atoms with Gasteiger partial charge < -0.3 is 59.4 Å². The number of nitrogens with one attached hydrogen (secondary N) is 6. The lowest BCUT2D eigenvalue weighted by molar-refractivity contribution is -0.138. The Morgan fingerprint density at radius 3 is 1.90 bits per heavy atom. The quantitative estimate of drug-likeness (QED) is 0.0205. The largest absolute Gasteiger partial charge is 0.494 e. The normalized spacial score (nSPS) is 12.8. The van der Waals surface area contributed by atoms with Crippen molar-refractivity contribution in [1.82, 2.24) is 40.1 Å². The van der Waals surface area contributed by atoms with Gasteiger partial charge in [0.1, 0.15) is 34.5 Å². The van der Waals surface area contributed by atoms with Gasteiger partial charge >= 0.3 is 12.1 Å². The highest BCUT2D eigenvalue weighted by atomic mass is 32.3. The van der Waals surface area contributed by atoms with Crippen LogP contribution in [0.15, 0.2) is 150 Å². The summed E-state index contributed by atoms with van der Waals surface area (Å²) in [5, 5.41) is 23.5. The van der Waals surface area contributed by atoms with E-state index in [1.54, 1.807) is 50.7 Å². The van der Waals surface area contributed by atoms with Gasteiger partial charge in [-0.1, -0.05) is 97.1 Å². The monoisotopic (exact) mass is 1190 g/mol. The zero-order valence-electron chi connectivity index (χ0n) is 47.1. The summed E-state index contributed by atoms with van der Waals surface area (Å²) in [6, 6.07) is 35.2. The van der Waals surface area contributed by atoms with Gasteiger partial charge in [0.25, 0.3) is 5.91 Å². The first-order valence-corrected chi connectivity index (χ1v) is 29.8. The van der Waals surface area contributed by atoms with Crippen molar-refractivity contribution >= 4 is 67.5 Å². The van der Waals surface area contributed by atoms with Gasteiger partial charge in [-0.25, -0.2) is 18.2 Å². The number of carboxylic acids is 1. The Balaban J connectivity index is 0.929. The number of rotatable bonds is 26. The molecule has 0 aliphatic heterocycles. The smallest absolute Gasteiger partial charge is 0.408 e. The molecule has 4 amide bonds. The summed E-state index contributed by atoms with van der Waals surface area (Å²) in [5.74, 6) is -3.83. The van der Waals surface area contributed by atoms with Crippen molar-refractivity contribution < 1.29 is 60.6 Å². The Hall–Kier alpha value is -8.59. The number of carbonyl (C=O) groups excluding carboxylic acids is 4. The first-order chi connectivity index (χ1) is 39.8. The van der Waals surface area contributed by atoms with Gasteiger partial charge in [0.15, 0.2) is 0 Å². The third-order valence-corrected chi connectivity index (χ3v) is 15.8. The minimum atomic E-state index is -4.54. The number of anilines is 1. The SMILES string of the molecule is Cc1cc(OCCCC(=O)NCCNC(=O)[C@H](CS(O)(O)O)NC(=O)OC(C)(C)C)cc(C)c1S(=O)(=O)N[C@@H](CNC(=O)c1cn(C)c2cc(CNc3nccn3C(c3ccccc3)(c3ccccc3)c3ccccc3)ccc2c1=O)C(=O)O. The molecule has 0 bridgehead atoms. The molecule has 0 aliphatic rings. The van der Waals surface area contributed by atoms with Crippen LogP contribution in [0.2, 0.25) is 0 Å². The van der Waals surface area contributed by atoms with Crippen molar-refractivity contribution in [1.29, 1.82) is 0 Å². The molecule has 25 heteroatoms. The van der Waals surface area contributed by atoms with E-state index in [-0.39, 0.29) is 65.3 Å². The Kier molecular flexibility index (Phi) is 20.4. The summed E-state index contributed by atoms with van der Waals surface area (Å²) in [4.78, 5) is 81.9. The van der Waals surface area contributed by atoms with Gasteiger partial charge in [-0.2, -0.15) is 4.72 Å². The number of benzene rings is 5. The van der Waals surface area contributed by atoms with Crippen LogP contribution in [0.5, 0.6) is 5.75 Å². The fourth-order valence-corrected chi connectivity index (χ4v) is 12.0. The van der Waals surface area contributed by atoms with Crippen molar-refractivity contribution in [3.05, 3.63) is 189 Å². The lowest BCUT2D eigenvalue weighted by Gasteiger charge is -2.38. The Morgan fingerprint density at radius 2 is 1.35 bits per heavy atom. The number of aliphatic carboxylic acids is 1. The fraction of sp³-hybridized carbons (Fsp3) is 0.305. The minimum absolute atomic E-state index is 0.00370. The van der Waals surface area contributed by atoms with Crippen LogP contribution in [-0.4, -0.2) is 121 Å². The predicted octanol–water partition coefficient (Wildman–Crippen LogP) is 6.47. The van der Waals surface area contributed by atoms with Crippen molar-refractivity contribution in [2.75, 3.05) is 37.3 Å². The highest BCUT2D eigenvalue weighted by molar-refractivity contribution is 8.19. The highest BCUT2D eigenvalue weighted by Crippen LogP contribution is 2.42. The molecule has 5 aromatic carbocycles. The zero-order chi connectivity index (χ0) is 61.0. The Labute approximate surface area is 487 Å². The van der Waals surface area contributed by atoms with Gasteiger partial charge in [0, 0.05) is 63.6 Å². The van der Waals surface area contributed by atoms with E-state index in [0.717, 1.165) is 22.3 Å². The standard InChI is InChI=1S/C59H69N9O14S2/c1-38-31-44(81-30-16-23-50(69)60-26-27-61-54(72)48(37-83(76,77)78)65-57(75)82-58(3,4)5)32-39(2)52(38)84(79,80)66-47(55(73)74)35-63-53(71)46-36-67(6)49-33-40(24-25-45(49)51(46)70)34-64-56-62-28-29-68(56)59(41-17-10-7-11-18-41,42-19-12-8-13-20-42)43-21-14-9-15-22-43/h7-15,17-22,24-25,28-29,31-33,36,47-48,66,76-78H,16,23,26-27,30,34-35,37H2,1-6H3,(H,60,69)(H,61,72)(H,62,64)(H,63,71)(H,65,75)(H,73,74)/t47-,48-/m0/s1. The van der Waals surface area contributed by atoms with Crippen LogP contribution in [0.4, 0.5) is 10.7 Å². The lowest BCUT2D eigenvalue weighted by atomic mass is 9.76. The molecule has 2 heterocycles. The third-order valence-electron chi connectivity index (χ3n) is 13.3. The number of hydrogen-bond acceptors (Lipinski definition) is 15. The molecule has 446 valence electrons. The van der Waals surface area contributed by atoms with Gasteiger partial charge in [0.05, 0.1) is 33.6 Å². The number of amides is 4. The summed E-state index contributed by atoms with van der Waals surface area (Å²) in [7, 11) is -7.05. The van der Waals surface area contributed by atoms with E-state index in [9.17, 15) is 55.9 Å².